The number of nitrogens with zero attached hydrogens (tertiary/aromatic N) is 1. The van der Waals surface area contributed by atoms with Gasteiger partial charge in [0.1, 0.15) is 0 Å². The first-order chi connectivity index (χ1) is 7.88. The van der Waals surface area contributed by atoms with Gasteiger partial charge in [-0.1, -0.05) is 13.8 Å². The second-order valence-electron chi connectivity index (χ2n) is 5.11. The third-order valence-electron chi connectivity index (χ3n) is 3.17. The van der Waals surface area contributed by atoms with E-state index in [4.69, 9.17) is 0 Å². The van der Waals surface area contributed by atoms with Crippen LogP contribution in [0.5, 0.6) is 0 Å². The predicted octanol–water partition coefficient (Wildman–Crippen LogP) is 2.79. The van der Waals surface area contributed by atoms with Crippen molar-refractivity contribution in [1.29, 1.82) is 0 Å². The fraction of sp³-hybridized carbons (Fsp3) is 1.00. The third-order valence-corrected chi connectivity index (χ3v) is 3.17. The summed E-state index contributed by atoms with van der Waals surface area (Å²) in [5, 5.41) is 3.36. The average Bonchev–Trinajstić information content (AvgIpc) is 2.60. The molecule has 17 heavy (non-hydrogen) atoms. The summed E-state index contributed by atoms with van der Waals surface area (Å²) in [6, 6.07) is 0.859. The van der Waals surface area contributed by atoms with Gasteiger partial charge in [-0.3, -0.25) is 4.90 Å². The normalized spacial score (nSPS) is 22.6. The molecule has 1 aliphatic heterocycles. The number of halogens is 3. The Labute approximate surface area is 102 Å². The van der Waals surface area contributed by atoms with Gasteiger partial charge < -0.3 is 5.32 Å². The summed E-state index contributed by atoms with van der Waals surface area (Å²) < 4.78 is 36.1. The Morgan fingerprint density at radius 1 is 1.35 bits per heavy atom. The summed E-state index contributed by atoms with van der Waals surface area (Å²) in [5.74, 6) is 0. The van der Waals surface area contributed by atoms with E-state index in [0.29, 0.717) is 18.6 Å². The SMILES string of the molecule is CC(C)NCC1CCCN1CCCC(F)(F)F. The van der Waals surface area contributed by atoms with Crippen LogP contribution in [-0.2, 0) is 0 Å². The molecule has 0 spiro atoms. The summed E-state index contributed by atoms with van der Waals surface area (Å²) in [5.41, 5.74) is 0. The van der Waals surface area contributed by atoms with E-state index in [1.807, 2.05) is 0 Å². The molecule has 0 saturated carbocycles. The Morgan fingerprint density at radius 3 is 2.65 bits per heavy atom. The summed E-state index contributed by atoms with van der Waals surface area (Å²) in [6.07, 6.45) is -2.23. The maximum Gasteiger partial charge on any atom is 0.389 e. The molecule has 1 fully saturated rings. The lowest BCUT2D eigenvalue weighted by atomic mass is 10.2. The molecule has 0 bridgehead atoms. The highest BCUT2D eigenvalue weighted by Crippen LogP contribution is 2.23. The number of rotatable bonds is 6. The van der Waals surface area contributed by atoms with Gasteiger partial charge in [0.15, 0.2) is 0 Å². The van der Waals surface area contributed by atoms with E-state index in [1.165, 1.54) is 0 Å². The van der Waals surface area contributed by atoms with E-state index in [1.54, 1.807) is 0 Å². The standard InChI is InChI=1S/C12H23F3N2/c1-10(2)16-9-11-5-3-7-17(11)8-4-6-12(13,14)15/h10-11,16H,3-9H2,1-2H3. The first-order valence-electron chi connectivity index (χ1n) is 6.42. The molecule has 0 aromatic carbocycles. The van der Waals surface area contributed by atoms with Crippen molar-refractivity contribution in [2.24, 2.45) is 0 Å². The Kier molecular flexibility index (Phi) is 5.73. The first kappa shape index (κ1) is 14.8. The monoisotopic (exact) mass is 252 g/mol. The summed E-state index contributed by atoms with van der Waals surface area (Å²) in [7, 11) is 0. The van der Waals surface area contributed by atoms with Crippen LogP contribution in [0.15, 0.2) is 0 Å². The highest BCUT2D eigenvalue weighted by Gasteiger charge is 2.28. The fourth-order valence-corrected chi connectivity index (χ4v) is 2.28. The molecule has 0 aromatic heterocycles. The molecule has 1 unspecified atom stereocenters. The lowest BCUT2D eigenvalue weighted by molar-refractivity contribution is -0.136. The minimum atomic E-state index is -4.01. The van der Waals surface area contributed by atoms with Crippen molar-refractivity contribution >= 4 is 0 Å². The fourth-order valence-electron chi connectivity index (χ4n) is 2.28. The molecule has 1 heterocycles. The molecule has 0 amide bonds. The van der Waals surface area contributed by atoms with Gasteiger partial charge in [-0.2, -0.15) is 13.2 Å². The van der Waals surface area contributed by atoms with Crippen LogP contribution in [0.1, 0.15) is 39.5 Å². The minimum absolute atomic E-state index is 0.224. The van der Waals surface area contributed by atoms with Crippen LogP contribution < -0.4 is 5.32 Å². The second-order valence-corrected chi connectivity index (χ2v) is 5.11. The number of nitrogens with one attached hydrogen (secondary N) is 1. The van der Waals surface area contributed by atoms with Crippen LogP contribution in [0.25, 0.3) is 0 Å². The average molecular weight is 252 g/mol. The maximum atomic E-state index is 12.0. The van der Waals surface area contributed by atoms with Crippen molar-refractivity contribution in [3.63, 3.8) is 0 Å². The van der Waals surface area contributed by atoms with Gasteiger partial charge >= 0.3 is 6.18 Å². The number of hydrogen-bond acceptors (Lipinski definition) is 2. The van der Waals surface area contributed by atoms with E-state index in [2.05, 4.69) is 24.1 Å². The van der Waals surface area contributed by atoms with Crippen LogP contribution in [0.2, 0.25) is 0 Å². The van der Waals surface area contributed by atoms with Gasteiger partial charge in [0.05, 0.1) is 0 Å². The molecule has 0 aliphatic carbocycles. The zero-order chi connectivity index (χ0) is 12.9. The molecule has 0 aromatic rings. The van der Waals surface area contributed by atoms with E-state index < -0.39 is 12.6 Å². The Hall–Kier alpha value is -0.290. The minimum Gasteiger partial charge on any atom is -0.313 e. The van der Waals surface area contributed by atoms with Gasteiger partial charge in [-0.05, 0) is 32.4 Å². The molecular weight excluding hydrogens is 229 g/mol. The molecular formula is C12H23F3N2. The summed E-state index contributed by atoms with van der Waals surface area (Å²) >= 11 is 0. The van der Waals surface area contributed by atoms with Crippen LogP contribution in [0.3, 0.4) is 0 Å². The van der Waals surface area contributed by atoms with Gasteiger partial charge in [0, 0.05) is 25.0 Å². The van der Waals surface area contributed by atoms with Crippen molar-refractivity contribution in [2.45, 2.75) is 57.8 Å². The maximum absolute atomic E-state index is 12.0. The van der Waals surface area contributed by atoms with Crippen molar-refractivity contribution in [3.8, 4) is 0 Å². The molecule has 1 aliphatic rings. The van der Waals surface area contributed by atoms with Gasteiger partial charge in [0.25, 0.3) is 0 Å². The van der Waals surface area contributed by atoms with Crippen LogP contribution >= 0.6 is 0 Å². The van der Waals surface area contributed by atoms with Gasteiger partial charge in [-0.25, -0.2) is 0 Å². The second kappa shape index (κ2) is 6.59. The Morgan fingerprint density at radius 2 is 2.06 bits per heavy atom. The molecule has 2 nitrogen and oxygen atoms in total. The molecule has 1 saturated heterocycles. The zero-order valence-corrected chi connectivity index (χ0v) is 10.7. The van der Waals surface area contributed by atoms with E-state index in [-0.39, 0.29) is 6.42 Å². The largest absolute Gasteiger partial charge is 0.389 e. The lowest BCUT2D eigenvalue weighted by Gasteiger charge is -2.25. The summed E-state index contributed by atoms with van der Waals surface area (Å²) in [6.45, 7) is 6.59. The number of alkyl halides is 3. The molecule has 1 rings (SSSR count). The number of likely N-dealkylation sites (tertiary alicyclic amines) is 1. The zero-order valence-electron chi connectivity index (χ0n) is 10.7. The first-order valence-corrected chi connectivity index (χ1v) is 6.42. The number of hydrogen-bond donors (Lipinski definition) is 1. The van der Waals surface area contributed by atoms with Crippen molar-refractivity contribution in [2.75, 3.05) is 19.6 Å². The third kappa shape index (κ3) is 6.27. The van der Waals surface area contributed by atoms with Crippen molar-refractivity contribution < 1.29 is 13.2 Å². The van der Waals surface area contributed by atoms with Crippen LogP contribution in [0.4, 0.5) is 13.2 Å². The molecule has 1 N–H and O–H groups in total. The Bertz CT molecular complexity index is 216. The van der Waals surface area contributed by atoms with Gasteiger partial charge in [-0.15, -0.1) is 0 Å². The van der Waals surface area contributed by atoms with Crippen LogP contribution in [-0.4, -0.2) is 42.8 Å². The summed E-state index contributed by atoms with van der Waals surface area (Å²) in [4.78, 5) is 2.20. The highest BCUT2D eigenvalue weighted by atomic mass is 19.4. The van der Waals surface area contributed by atoms with E-state index in [9.17, 15) is 13.2 Å². The molecule has 1 atom stereocenters. The quantitative estimate of drug-likeness (QED) is 0.782. The van der Waals surface area contributed by atoms with Crippen molar-refractivity contribution in [3.05, 3.63) is 0 Å². The highest BCUT2D eigenvalue weighted by molar-refractivity contribution is 4.81. The van der Waals surface area contributed by atoms with Gasteiger partial charge in [0.2, 0.25) is 0 Å². The van der Waals surface area contributed by atoms with E-state index in [0.717, 1.165) is 25.9 Å². The molecule has 0 radical (unpaired) electrons. The predicted molar refractivity (Wildman–Crippen MR) is 63.0 cm³/mol. The van der Waals surface area contributed by atoms with Crippen LogP contribution in [0, 0.1) is 0 Å². The smallest absolute Gasteiger partial charge is 0.313 e. The molecule has 5 heteroatoms. The van der Waals surface area contributed by atoms with E-state index >= 15 is 0 Å². The topological polar surface area (TPSA) is 15.3 Å². The Balaban J connectivity index is 2.22. The lowest BCUT2D eigenvalue weighted by Crippen LogP contribution is -2.40. The molecule has 102 valence electrons. The van der Waals surface area contributed by atoms with Crippen molar-refractivity contribution in [1.82, 2.24) is 10.2 Å².